The fraction of sp³-hybridized carbons (Fsp3) is 0.833. The molecule has 1 heterocycles. The Bertz CT molecular complexity index is 235. The Hall–Kier alpha value is -0.500. The zero-order chi connectivity index (χ0) is 11.1. The van der Waals surface area contributed by atoms with Gasteiger partial charge in [-0.2, -0.15) is 0 Å². The van der Waals surface area contributed by atoms with E-state index in [1.165, 1.54) is 5.70 Å². The van der Waals surface area contributed by atoms with E-state index in [0.29, 0.717) is 0 Å². The lowest BCUT2D eigenvalue weighted by Gasteiger charge is -2.53. The molecule has 0 amide bonds. The van der Waals surface area contributed by atoms with E-state index in [1.807, 2.05) is 0 Å². The van der Waals surface area contributed by atoms with E-state index in [0.717, 1.165) is 13.1 Å². The molecule has 0 bridgehead atoms. The van der Waals surface area contributed by atoms with Crippen LogP contribution in [0.2, 0.25) is 0 Å². The lowest BCUT2D eigenvalue weighted by atomic mass is 9.91. The zero-order valence-electron chi connectivity index (χ0n) is 10.5. The van der Waals surface area contributed by atoms with Crippen molar-refractivity contribution < 1.29 is 0 Å². The monoisotopic (exact) mass is 196 g/mol. The third-order valence-electron chi connectivity index (χ3n) is 3.05. The van der Waals surface area contributed by atoms with Crippen molar-refractivity contribution >= 4 is 0 Å². The zero-order valence-corrected chi connectivity index (χ0v) is 10.5. The molecule has 0 atom stereocenters. The van der Waals surface area contributed by atoms with Crippen molar-refractivity contribution in [1.82, 2.24) is 9.80 Å². The maximum atomic E-state index is 4.11. The number of likely N-dealkylation sites (N-methyl/N-ethyl adjacent to an activating group) is 1. The molecule has 0 aliphatic carbocycles. The van der Waals surface area contributed by atoms with Gasteiger partial charge in [0.1, 0.15) is 0 Å². The fourth-order valence-corrected chi connectivity index (χ4v) is 2.44. The van der Waals surface area contributed by atoms with Gasteiger partial charge in [-0.1, -0.05) is 6.58 Å². The highest BCUT2D eigenvalue weighted by Gasteiger charge is 2.39. The summed E-state index contributed by atoms with van der Waals surface area (Å²) in [5.74, 6) is 0. The van der Waals surface area contributed by atoms with Gasteiger partial charge in [0.05, 0.1) is 0 Å². The van der Waals surface area contributed by atoms with Gasteiger partial charge in [0, 0.05) is 36.9 Å². The minimum Gasteiger partial charge on any atom is -0.375 e. The standard InChI is InChI=1S/C12H24N2/c1-10-8-14(11(2,3)4)12(5,6)9-13(10)7/h1,8-9H2,2-7H3. The first-order valence-corrected chi connectivity index (χ1v) is 5.31. The maximum Gasteiger partial charge on any atom is 0.0388 e. The van der Waals surface area contributed by atoms with E-state index in [2.05, 4.69) is 58.0 Å². The Balaban J connectivity index is 2.90. The third-order valence-corrected chi connectivity index (χ3v) is 3.05. The number of rotatable bonds is 0. The Labute approximate surface area is 88.6 Å². The second-order valence-corrected chi connectivity index (χ2v) is 5.99. The van der Waals surface area contributed by atoms with Gasteiger partial charge >= 0.3 is 0 Å². The largest absolute Gasteiger partial charge is 0.375 e. The van der Waals surface area contributed by atoms with Crippen molar-refractivity contribution in [1.29, 1.82) is 0 Å². The molecule has 1 saturated heterocycles. The van der Waals surface area contributed by atoms with E-state index in [9.17, 15) is 0 Å². The first-order valence-electron chi connectivity index (χ1n) is 5.31. The summed E-state index contributed by atoms with van der Waals surface area (Å²) in [6, 6.07) is 0. The van der Waals surface area contributed by atoms with Gasteiger partial charge < -0.3 is 4.90 Å². The van der Waals surface area contributed by atoms with Crippen LogP contribution in [0.1, 0.15) is 34.6 Å². The molecule has 2 nitrogen and oxygen atoms in total. The SMILES string of the molecule is C=C1CN(C(C)(C)C)C(C)(C)CN1C. The Morgan fingerprint density at radius 2 is 1.79 bits per heavy atom. The van der Waals surface area contributed by atoms with Gasteiger partial charge in [-0.25, -0.2) is 0 Å². The van der Waals surface area contributed by atoms with Crippen LogP contribution in [-0.4, -0.2) is 41.0 Å². The number of hydrogen-bond donors (Lipinski definition) is 0. The number of piperazine rings is 1. The van der Waals surface area contributed by atoms with Gasteiger partial charge in [0.2, 0.25) is 0 Å². The first kappa shape index (κ1) is 11.6. The predicted octanol–water partition coefficient (Wildman–Crippen LogP) is 2.32. The molecule has 0 spiro atoms. The summed E-state index contributed by atoms with van der Waals surface area (Å²) in [4.78, 5) is 4.80. The van der Waals surface area contributed by atoms with Crippen molar-refractivity contribution in [3.63, 3.8) is 0 Å². The van der Waals surface area contributed by atoms with Gasteiger partial charge in [-0.05, 0) is 34.6 Å². The summed E-state index contributed by atoms with van der Waals surface area (Å²) in [5.41, 5.74) is 1.67. The van der Waals surface area contributed by atoms with E-state index >= 15 is 0 Å². The third kappa shape index (κ3) is 2.11. The van der Waals surface area contributed by atoms with Crippen molar-refractivity contribution in [2.75, 3.05) is 20.1 Å². The summed E-state index contributed by atoms with van der Waals surface area (Å²) < 4.78 is 0. The summed E-state index contributed by atoms with van der Waals surface area (Å²) in [5, 5.41) is 0. The lowest BCUT2D eigenvalue weighted by Crippen LogP contribution is -2.62. The van der Waals surface area contributed by atoms with E-state index < -0.39 is 0 Å². The predicted molar refractivity (Wildman–Crippen MR) is 62.3 cm³/mol. The molecule has 82 valence electrons. The summed E-state index contributed by atoms with van der Waals surface area (Å²) in [6.07, 6.45) is 0. The van der Waals surface area contributed by atoms with Crippen molar-refractivity contribution in [2.45, 2.75) is 45.7 Å². The average Bonchev–Trinajstić information content (AvgIpc) is 1.93. The molecule has 1 aliphatic rings. The van der Waals surface area contributed by atoms with E-state index in [-0.39, 0.29) is 11.1 Å². The fourth-order valence-electron chi connectivity index (χ4n) is 2.44. The molecule has 0 aromatic heterocycles. The maximum absolute atomic E-state index is 4.11. The molecule has 1 rings (SSSR count). The van der Waals surface area contributed by atoms with Crippen molar-refractivity contribution in [2.24, 2.45) is 0 Å². The molecular formula is C12H24N2. The number of hydrogen-bond acceptors (Lipinski definition) is 2. The van der Waals surface area contributed by atoms with Gasteiger partial charge in [0.15, 0.2) is 0 Å². The molecule has 2 heteroatoms. The molecular weight excluding hydrogens is 172 g/mol. The molecule has 0 aromatic rings. The second-order valence-electron chi connectivity index (χ2n) is 5.99. The van der Waals surface area contributed by atoms with Crippen LogP contribution in [-0.2, 0) is 0 Å². The van der Waals surface area contributed by atoms with Crippen molar-refractivity contribution in [3.05, 3.63) is 12.3 Å². The van der Waals surface area contributed by atoms with Crippen LogP contribution in [0, 0.1) is 0 Å². The lowest BCUT2D eigenvalue weighted by molar-refractivity contribution is -0.00999. The van der Waals surface area contributed by atoms with Crippen LogP contribution < -0.4 is 0 Å². The number of nitrogens with zero attached hydrogens (tertiary/aromatic N) is 2. The highest BCUT2D eigenvalue weighted by Crippen LogP contribution is 2.31. The van der Waals surface area contributed by atoms with E-state index in [4.69, 9.17) is 0 Å². The van der Waals surface area contributed by atoms with Crippen LogP contribution in [0.25, 0.3) is 0 Å². The normalized spacial score (nSPS) is 24.1. The highest BCUT2D eigenvalue weighted by molar-refractivity contribution is 5.08. The van der Waals surface area contributed by atoms with Crippen LogP contribution in [0.3, 0.4) is 0 Å². The first-order chi connectivity index (χ1) is 6.14. The molecule has 0 unspecified atom stereocenters. The van der Waals surface area contributed by atoms with Gasteiger partial charge in [-0.3, -0.25) is 4.90 Å². The topological polar surface area (TPSA) is 6.48 Å². The van der Waals surface area contributed by atoms with Gasteiger partial charge in [0.25, 0.3) is 0 Å². The van der Waals surface area contributed by atoms with Crippen LogP contribution in [0.15, 0.2) is 12.3 Å². The molecule has 0 saturated carbocycles. The molecule has 1 fully saturated rings. The Morgan fingerprint density at radius 3 is 2.21 bits per heavy atom. The smallest absolute Gasteiger partial charge is 0.0388 e. The Morgan fingerprint density at radius 1 is 1.29 bits per heavy atom. The molecule has 0 radical (unpaired) electrons. The van der Waals surface area contributed by atoms with E-state index in [1.54, 1.807) is 0 Å². The minimum absolute atomic E-state index is 0.216. The minimum atomic E-state index is 0.216. The second kappa shape index (κ2) is 3.27. The highest BCUT2D eigenvalue weighted by atomic mass is 15.3. The molecule has 0 aromatic carbocycles. The molecule has 0 N–H and O–H groups in total. The summed E-state index contributed by atoms with van der Waals surface area (Å²) in [7, 11) is 2.13. The molecule has 14 heavy (non-hydrogen) atoms. The Kier molecular flexibility index (Phi) is 2.70. The summed E-state index contributed by atoms with van der Waals surface area (Å²) >= 11 is 0. The van der Waals surface area contributed by atoms with Crippen molar-refractivity contribution in [3.8, 4) is 0 Å². The summed E-state index contributed by atoms with van der Waals surface area (Å²) in [6.45, 7) is 17.6. The molecule has 1 aliphatic heterocycles. The van der Waals surface area contributed by atoms with Crippen LogP contribution >= 0.6 is 0 Å². The quantitative estimate of drug-likeness (QED) is 0.586. The average molecular weight is 196 g/mol. The van der Waals surface area contributed by atoms with Crippen LogP contribution in [0.4, 0.5) is 0 Å². The van der Waals surface area contributed by atoms with Crippen LogP contribution in [0.5, 0.6) is 0 Å². The van der Waals surface area contributed by atoms with Gasteiger partial charge in [-0.15, -0.1) is 0 Å².